The Morgan fingerprint density at radius 3 is 2.30 bits per heavy atom. The van der Waals surface area contributed by atoms with E-state index in [1.807, 2.05) is 6.92 Å². The Bertz CT molecular complexity index is 713. The smallest absolute Gasteiger partial charge is 0.343 e. The van der Waals surface area contributed by atoms with Crippen molar-refractivity contribution in [1.29, 1.82) is 0 Å². The number of hydrogen-bond acceptors (Lipinski definition) is 5. The van der Waals surface area contributed by atoms with Gasteiger partial charge in [0.2, 0.25) is 0 Å². The van der Waals surface area contributed by atoms with Crippen molar-refractivity contribution < 1.29 is 19.1 Å². The second kappa shape index (κ2) is 7.65. The topological polar surface area (TPSA) is 78.6 Å². The molecule has 2 aromatic carbocycles. The molecule has 0 fully saturated rings. The highest BCUT2D eigenvalue weighted by Crippen LogP contribution is 2.17. The van der Waals surface area contributed by atoms with Crippen LogP contribution < -0.4 is 10.5 Å². The third-order valence-corrected chi connectivity index (χ3v) is 3.28. The van der Waals surface area contributed by atoms with Crippen molar-refractivity contribution in [3.05, 3.63) is 59.2 Å². The molecule has 0 saturated carbocycles. The number of esters is 2. The fourth-order valence-corrected chi connectivity index (χ4v) is 1.88. The van der Waals surface area contributed by atoms with Crippen LogP contribution in [0.25, 0.3) is 0 Å². The van der Waals surface area contributed by atoms with Crippen molar-refractivity contribution in [2.75, 3.05) is 18.2 Å². The minimum absolute atomic E-state index is 0.145. The zero-order chi connectivity index (χ0) is 16.8. The average molecular weight is 334 g/mol. The molecule has 2 rings (SSSR count). The van der Waals surface area contributed by atoms with Crippen LogP contribution in [0.15, 0.2) is 42.5 Å². The van der Waals surface area contributed by atoms with Gasteiger partial charge in [-0.1, -0.05) is 6.07 Å². The summed E-state index contributed by atoms with van der Waals surface area (Å²) in [6.07, 6.45) is 0. The largest absolute Gasteiger partial charge is 0.461 e. The number of nitrogens with two attached hydrogens (primary N) is 1. The predicted octanol–water partition coefficient (Wildman–Crippen LogP) is 3.19. The Morgan fingerprint density at radius 1 is 1.04 bits per heavy atom. The van der Waals surface area contributed by atoms with Gasteiger partial charge in [0.05, 0.1) is 17.0 Å². The number of anilines is 1. The van der Waals surface area contributed by atoms with E-state index in [0.29, 0.717) is 22.6 Å². The van der Waals surface area contributed by atoms with E-state index in [2.05, 4.69) is 0 Å². The number of ether oxygens (including phenoxy) is 2. The van der Waals surface area contributed by atoms with Crippen LogP contribution in [0.5, 0.6) is 5.75 Å². The minimum atomic E-state index is -0.519. The van der Waals surface area contributed by atoms with Gasteiger partial charge in [-0.15, -0.1) is 11.6 Å². The number of aryl methyl sites for hydroxylation is 1. The van der Waals surface area contributed by atoms with Gasteiger partial charge in [-0.25, -0.2) is 9.59 Å². The summed E-state index contributed by atoms with van der Waals surface area (Å²) >= 11 is 5.45. The van der Waals surface area contributed by atoms with Gasteiger partial charge in [0.1, 0.15) is 12.4 Å². The molecule has 0 saturated heterocycles. The van der Waals surface area contributed by atoms with Crippen molar-refractivity contribution in [1.82, 2.24) is 0 Å². The van der Waals surface area contributed by atoms with E-state index >= 15 is 0 Å². The maximum Gasteiger partial charge on any atom is 0.343 e. The monoisotopic (exact) mass is 333 g/mol. The molecule has 0 aliphatic heterocycles. The van der Waals surface area contributed by atoms with Crippen LogP contribution >= 0.6 is 11.6 Å². The van der Waals surface area contributed by atoms with Crippen molar-refractivity contribution >= 4 is 29.2 Å². The van der Waals surface area contributed by atoms with Gasteiger partial charge in [0.15, 0.2) is 0 Å². The SMILES string of the molecule is Cc1ccc(C(=O)Oc2ccc(C(=O)OCCCl)cc2)cc1N. The molecule has 120 valence electrons. The number of carbonyl (C=O) groups excluding carboxylic acids is 2. The zero-order valence-electron chi connectivity index (χ0n) is 12.5. The standard InChI is InChI=1S/C17H16ClNO4/c1-11-2-3-13(10-15(11)19)17(21)23-14-6-4-12(5-7-14)16(20)22-9-8-18/h2-7,10H,8-9,19H2,1H3. The van der Waals surface area contributed by atoms with Crippen molar-refractivity contribution in [2.24, 2.45) is 0 Å². The Labute approximate surface area is 139 Å². The number of alkyl halides is 1. The van der Waals surface area contributed by atoms with E-state index < -0.39 is 11.9 Å². The summed E-state index contributed by atoms with van der Waals surface area (Å²) in [7, 11) is 0. The average Bonchev–Trinajstić information content (AvgIpc) is 2.55. The van der Waals surface area contributed by atoms with Gasteiger partial charge in [-0.05, 0) is 48.9 Å². The molecule has 0 atom stereocenters. The predicted molar refractivity (Wildman–Crippen MR) is 88.0 cm³/mol. The lowest BCUT2D eigenvalue weighted by Crippen LogP contribution is -2.10. The molecule has 0 aliphatic carbocycles. The normalized spacial score (nSPS) is 10.2. The zero-order valence-corrected chi connectivity index (χ0v) is 13.3. The first kappa shape index (κ1) is 16.8. The van der Waals surface area contributed by atoms with E-state index in [1.54, 1.807) is 18.2 Å². The molecule has 5 nitrogen and oxygen atoms in total. The fraction of sp³-hybridized carbons (Fsp3) is 0.176. The summed E-state index contributed by atoms with van der Waals surface area (Å²) in [4.78, 5) is 23.7. The molecule has 0 radical (unpaired) electrons. The van der Waals surface area contributed by atoms with Crippen molar-refractivity contribution in [3.63, 3.8) is 0 Å². The number of rotatable bonds is 5. The van der Waals surface area contributed by atoms with E-state index in [1.165, 1.54) is 24.3 Å². The first-order valence-corrected chi connectivity index (χ1v) is 7.46. The number of carbonyl (C=O) groups is 2. The first-order chi connectivity index (χ1) is 11.0. The highest BCUT2D eigenvalue weighted by Gasteiger charge is 2.11. The molecule has 0 heterocycles. The van der Waals surface area contributed by atoms with Gasteiger partial charge in [-0.2, -0.15) is 0 Å². The Morgan fingerprint density at radius 2 is 1.70 bits per heavy atom. The summed E-state index contributed by atoms with van der Waals surface area (Å²) in [5, 5.41) is 0. The van der Waals surface area contributed by atoms with E-state index in [0.717, 1.165) is 5.56 Å². The second-order valence-electron chi connectivity index (χ2n) is 4.81. The molecule has 0 unspecified atom stereocenters. The van der Waals surface area contributed by atoms with E-state index in [4.69, 9.17) is 26.8 Å². The molecule has 23 heavy (non-hydrogen) atoms. The quantitative estimate of drug-likeness (QED) is 0.393. The minimum Gasteiger partial charge on any atom is -0.461 e. The molecule has 0 bridgehead atoms. The highest BCUT2D eigenvalue weighted by atomic mass is 35.5. The molecular formula is C17H16ClNO4. The van der Waals surface area contributed by atoms with Crippen LogP contribution in [0, 0.1) is 6.92 Å². The molecular weight excluding hydrogens is 318 g/mol. The Kier molecular flexibility index (Phi) is 5.60. The summed E-state index contributed by atoms with van der Waals surface area (Å²) in [5.41, 5.74) is 7.91. The maximum atomic E-state index is 12.1. The lowest BCUT2D eigenvalue weighted by atomic mass is 10.1. The first-order valence-electron chi connectivity index (χ1n) is 6.92. The van der Waals surface area contributed by atoms with Crippen LogP contribution in [0.3, 0.4) is 0 Å². The van der Waals surface area contributed by atoms with Gasteiger partial charge in [0, 0.05) is 5.69 Å². The summed E-state index contributed by atoms with van der Waals surface area (Å²) in [6.45, 7) is 2.00. The van der Waals surface area contributed by atoms with Crippen LogP contribution in [-0.4, -0.2) is 24.4 Å². The van der Waals surface area contributed by atoms with Crippen LogP contribution in [-0.2, 0) is 4.74 Å². The Balaban J connectivity index is 2.04. The molecule has 6 heteroatoms. The lowest BCUT2D eigenvalue weighted by molar-refractivity contribution is 0.0529. The molecule has 0 aromatic heterocycles. The summed E-state index contributed by atoms with van der Waals surface area (Å²) < 4.78 is 10.1. The van der Waals surface area contributed by atoms with Gasteiger partial charge in [-0.3, -0.25) is 0 Å². The molecule has 0 spiro atoms. The van der Waals surface area contributed by atoms with Crippen molar-refractivity contribution in [3.8, 4) is 5.75 Å². The number of halogens is 1. The van der Waals surface area contributed by atoms with Gasteiger partial charge < -0.3 is 15.2 Å². The molecule has 0 amide bonds. The van der Waals surface area contributed by atoms with Crippen molar-refractivity contribution in [2.45, 2.75) is 6.92 Å². The Hall–Kier alpha value is -2.53. The summed E-state index contributed by atoms with van der Waals surface area (Å²) in [6, 6.07) is 11.0. The molecule has 2 aromatic rings. The van der Waals surface area contributed by atoms with Crippen LogP contribution in [0.4, 0.5) is 5.69 Å². The highest BCUT2D eigenvalue weighted by molar-refractivity contribution is 6.18. The summed E-state index contributed by atoms with van der Waals surface area (Å²) in [5.74, 6) is -0.437. The molecule has 2 N–H and O–H groups in total. The van der Waals surface area contributed by atoms with E-state index in [-0.39, 0.29) is 12.5 Å². The number of nitrogen functional groups attached to an aromatic ring is 1. The maximum absolute atomic E-state index is 12.1. The third-order valence-electron chi connectivity index (χ3n) is 3.13. The third kappa shape index (κ3) is 4.47. The van der Waals surface area contributed by atoms with E-state index in [9.17, 15) is 9.59 Å². The lowest BCUT2D eigenvalue weighted by Gasteiger charge is -2.07. The van der Waals surface area contributed by atoms with Crippen LogP contribution in [0.2, 0.25) is 0 Å². The molecule has 0 aliphatic rings. The second-order valence-corrected chi connectivity index (χ2v) is 5.19. The fourth-order valence-electron chi connectivity index (χ4n) is 1.81. The van der Waals surface area contributed by atoms with Gasteiger partial charge in [0.25, 0.3) is 0 Å². The van der Waals surface area contributed by atoms with Gasteiger partial charge >= 0.3 is 11.9 Å². The number of benzene rings is 2. The van der Waals surface area contributed by atoms with Crippen LogP contribution in [0.1, 0.15) is 26.3 Å². The number of hydrogen-bond donors (Lipinski definition) is 1.